The molecule has 3 nitrogen and oxygen atoms in total. The number of rotatable bonds is 3. The smallest absolute Gasteiger partial charge is 0.137 e. The van der Waals surface area contributed by atoms with E-state index in [0.29, 0.717) is 6.04 Å². The summed E-state index contributed by atoms with van der Waals surface area (Å²) in [5.74, 6) is 1.79. The number of benzene rings is 1. The van der Waals surface area contributed by atoms with Gasteiger partial charge in [0.05, 0.1) is 5.52 Å². The Balaban J connectivity index is 1.95. The first-order valence-electron chi connectivity index (χ1n) is 5.81. The van der Waals surface area contributed by atoms with Gasteiger partial charge < -0.3 is 5.32 Å². The van der Waals surface area contributed by atoms with Crippen molar-refractivity contribution in [3.05, 3.63) is 30.6 Å². The Morgan fingerprint density at radius 2 is 2.06 bits per heavy atom. The second kappa shape index (κ2) is 3.74. The lowest BCUT2D eigenvalue weighted by Gasteiger charge is -2.14. The summed E-state index contributed by atoms with van der Waals surface area (Å²) in [5.41, 5.74) is 1.00. The average molecular weight is 213 g/mol. The van der Waals surface area contributed by atoms with Gasteiger partial charge in [-0.25, -0.2) is 9.97 Å². The maximum Gasteiger partial charge on any atom is 0.137 e. The van der Waals surface area contributed by atoms with E-state index in [1.165, 1.54) is 12.8 Å². The molecule has 0 amide bonds. The van der Waals surface area contributed by atoms with E-state index >= 15 is 0 Å². The van der Waals surface area contributed by atoms with Crippen LogP contribution in [-0.2, 0) is 0 Å². The molecule has 1 saturated carbocycles. The van der Waals surface area contributed by atoms with E-state index in [-0.39, 0.29) is 0 Å². The monoisotopic (exact) mass is 213 g/mol. The molecule has 0 radical (unpaired) electrons. The van der Waals surface area contributed by atoms with E-state index in [0.717, 1.165) is 22.6 Å². The van der Waals surface area contributed by atoms with E-state index < -0.39 is 0 Å². The molecule has 1 aromatic heterocycles. The first kappa shape index (κ1) is 9.58. The van der Waals surface area contributed by atoms with E-state index in [1.807, 2.05) is 18.2 Å². The van der Waals surface area contributed by atoms with Crippen LogP contribution in [0.5, 0.6) is 0 Å². The number of para-hydroxylation sites is 1. The maximum atomic E-state index is 4.33. The molecule has 2 aromatic rings. The summed E-state index contributed by atoms with van der Waals surface area (Å²) in [6, 6.07) is 8.63. The van der Waals surface area contributed by atoms with E-state index in [1.54, 1.807) is 6.33 Å². The molecule has 1 aliphatic carbocycles. The van der Waals surface area contributed by atoms with Gasteiger partial charge in [0, 0.05) is 11.4 Å². The third-order valence-corrected chi connectivity index (χ3v) is 3.24. The minimum atomic E-state index is 0.512. The molecule has 0 spiro atoms. The predicted molar refractivity (Wildman–Crippen MR) is 65.3 cm³/mol. The first-order valence-corrected chi connectivity index (χ1v) is 5.81. The van der Waals surface area contributed by atoms with Crippen LogP contribution in [0.25, 0.3) is 10.9 Å². The Labute approximate surface area is 94.9 Å². The zero-order valence-electron chi connectivity index (χ0n) is 9.35. The van der Waals surface area contributed by atoms with Crippen LogP contribution in [0.1, 0.15) is 19.8 Å². The third kappa shape index (κ3) is 1.73. The van der Waals surface area contributed by atoms with Crippen LogP contribution in [-0.4, -0.2) is 16.0 Å². The minimum absolute atomic E-state index is 0.512. The highest BCUT2D eigenvalue weighted by atomic mass is 15.0. The molecule has 0 saturated heterocycles. The van der Waals surface area contributed by atoms with Crippen molar-refractivity contribution in [2.24, 2.45) is 5.92 Å². The highest BCUT2D eigenvalue weighted by Gasteiger charge is 2.28. The summed E-state index contributed by atoms with van der Waals surface area (Å²) in [5, 5.41) is 4.60. The number of hydrogen-bond donors (Lipinski definition) is 1. The number of nitrogens with one attached hydrogen (secondary N) is 1. The van der Waals surface area contributed by atoms with Crippen LogP contribution in [0.4, 0.5) is 5.82 Å². The second-order valence-electron chi connectivity index (χ2n) is 4.51. The van der Waals surface area contributed by atoms with Gasteiger partial charge in [-0.05, 0) is 37.8 Å². The lowest BCUT2D eigenvalue weighted by molar-refractivity contribution is 0.691. The largest absolute Gasteiger partial charge is 0.367 e. The van der Waals surface area contributed by atoms with Gasteiger partial charge in [-0.15, -0.1) is 0 Å². The fourth-order valence-electron chi connectivity index (χ4n) is 2.05. The number of nitrogens with zero attached hydrogens (tertiary/aromatic N) is 2. The molecular weight excluding hydrogens is 198 g/mol. The van der Waals surface area contributed by atoms with Crippen LogP contribution in [0.15, 0.2) is 30.6 Å². The Morgan fingerprint density at radius 3 is 2.88 bits per heavy atom. The van der Waals surface area contributed by atoms with E-state index in [9.17, 15) is 0 Å². The zero-order chi connectivity index (χ0) is 11.0. The van der Waals surface area contributed by atoms with Crippen molar-refractivity contribution < 1.29 is 0 Å². The Morgan fingerprint density at radius 1 is 1.25 bits per heavy atom. The van der Waals surface area contributed by atoms with Gasteiger partial charge in [-0.1, -0.05) is 12.1 Å². The van der Waals surface area contributed by atoms with Crippen molar-refractivity contribution in [1.29, 1.82) is 0 Å². The average Bonchev–Trinajstić information content (AvgIpc) is 3.13. The first-order chi connectivity index (χ1) is 7.84. The molecule has 3 rings (SSSR count). The maximum absolute atomic E-state index is 4.33. The molecular formula is C13H15N3. The molecule has 1 aromatic carbocycles. The highest BCUT2D eigenvalue weighted by Crippen LogP contribution is 2.34. The van der Waals surface area contributed by atoms with Gasteiger partial charge >= 0.3 is 0 Å². The molecule has 0 aliphatic heterocycles. The SMILES string of the molecule is CC(Nc1ncnc2ccccc12)C1CC1. The fourth-order valence-corrected chi connectivity index (χ4v) is 2.05. The summed E-state index contributed by atoms with van der Waals surface area (Å²) in [4.78, 5) is 8.59. The van der Waals surface area contributed by atoms with Crippen LogP contribution in [0, 0.1) is 5.92 Å². The van der Waals surface area contributed by atoms with Crippen molar-refractivity contribution in [3.8, 4) is 0 Å². The molecule has 1 heterocycles. The van der Waals surface area contributed by atoms with Crippen molar-refractivity contribution in [3.63, 3.8) is 0 Å². The van der Waals surface area contributed by atoms with Crippen molar-refractivity contribution in [2.75, 3.05) is 5.32 Å². The van der Waals surface area contributed by atoms with Crippen molar-refractivity contribution in [2.45, 2.75) is 25.8 Å². The molecule has 3 heteroatoms. The number of fused-ring (bicyclic) bond motifs is 1. The van der Waals surface area contributed by atoms with Gasteiger partial charge in [0.15, 0.2) is 0 Å². The van der Waals surface area contributed by atoms with Crippen LogP contribution in [0.3, 0.4) is 0 Å². The standard InChI is InChI=1S/C13H15N3/c1-9(10-6-7-10)16-13-11-4-2-3-5-12(11)14-8-15-13/h2-5,8-10H,6-7H2,1H3,(H,14,15,16). The molecule has 1 unspecified atom stereocenters. The lowest BCUT2D eigenvalue weighted by Crippen LogP contribution is -2.18. The Hall–Kier alpha value is -1.64. The minimum Gasteiger partial charge on any atom is -0.367 e. The molecule has 1 N–H and O–H groups in total. The molecule has 82 valence electrons. The van der Waals surface area contributed by atoms with Gasteiger partial charge in [-0.3, -0.25) is 0 Å². The van der Waals surface area contributed by atoms with Gasteiger partial charge in [0.25, 0.3) is 0 Å². The molecule has 1 aliphatic rings. The number of hydrogen-bond acceptors (Lipinski definition) is 3. The highest BCUT2D eigenvalue weighted by molar-refractivity contribution is 5.88. The summed E-state index contributed by atoms with van der Waals surface area (Å²) in [7, 11) is 0. The topological polar surface area (TPSA) is 37.8 Å². The van der Waals surface area contributed by atoms with Crippen LogP contribution in [0.2, 0.25) is 0 Å². The quantitative estimate of drug-likeness (QED) is 0.852. The van der Waals surface area contributed by atoms with Gasteiger partial charge in [-0.2, -0.15) is 0 Å². The Bertz CT molecular complexity index is 500. The van der Waals surface area contributed by atoms with Crippen LogP contribution >= 0.6 is 0 Å². The summed E-state index contributed by atoms with van der Waals surface area (Å²) in [6.45, 7) is 2.23. The van der Waals surface area contributed by atoms with Crippen molar-refractivity contribution in [1.82, 2.24) is 9.97 Å². The fraction of sp³-hybridized carbons (Fsp3) is 0.385. The van der Waals surface area contributed by atoms with Gasteiger partial charge in [0.1, 0.15) is 12.1 Å². The zero-order valence-corrected chi connectivity index (χ0v) is 9.35. The second-order valence-corrected chi connectivity index (χ2v) is 4.51. The predicted octanol–water partition coefficient (Wildman–Crippen LogP) is 2.84. The summed E-state index contributed by atoms with van der Waals surface area (Å²) < 4.78 is 0. The molecule has 16 heavy (non-hydrogen) atoms. The van der Waals surface area contributed by atoms with E-state index in [4.69, 9.17) is 0 Å². The number of aromatic nitrogens is 2. The van der Waals surface area contributed by atoms with Gasteiger partial charge in [0.2, 0.25) is 0 Å². The lowest BCUT2D eigenvalue weighted by atomic mass is 10.2. The Kier molecular flexibility index (Phi) is 2.24. The third-order valence-electron chi connectivity index (χ3n) is 3.24. The summed E-state index contributed by atoms with van der Waals surface area (Å²) >= 11 is 0. The molecule has 0 bridgehead atoms. The molecule has 1 fully saturated rings. The molecule has 1 atom stereocenters. The van der Waals surface area contributed by atoms with Crippen LogP contribution < -0.4 is 5.32 Å². The number of anilines is 1. The van der Waals surface area contributed by atoms with Crippen molar-refractivity contribution >= 4 is 16.7 Å². The normalized spacial score (nSPS) is 17.3. The van der Waals surface area contributed by atoms with E-state index in [2.05, 4.69) is 28.3 Å². The summed E-state index contributed by atoms with van der Waals surface area (Å²) in [6.07, 6.45) is 4.32.